The Balaban J connectivity index is 0.00000174. The van der Waals surface area contributed by atoms with Crippen molar-refractivity contribution in [1.82, 2.24) is 29.7 Å². The van der Waals surface area contributed by atoms with Crippen LogP contribution in [0.5, 0.6) is 0 Å². The van der Waals surface area contributed by atoms with Crippen LogP contribution in [0.15, 0.2) is 72.8 Å². The number of imidazole rings is 2. The van der Waals surface area contributed by atoms with Crippen LogP contribution in [0.4, 0.5) is 0 Å². The van der Waals surface area contributed by atoms with Crippen molar-refractivity contribution in [1.29, 1.82) is 0 Å². The van der Waals surface area contributed by atoms with Crippen molar-refractivity contribution in [2.24, 2.45) is 23.7 Å². The Morgan fingerprint density at radius 3 is 1.29 bits per heavy atom. The first-order valence-corrected chi connectivity index (χ1v) is 19.2. The van der Waals surface area contributed by atoms with Gasteiger partial charge in [0.2, 0.25) is 11.8 Å². The number of fused-ring (bicyclic) bond motifs is 3. The number of H-pyrrole nitrogens is 2. The van der Waals surface area contributed by atoms with E-state index in [2.05, 4.69) is 110 Å². The first kappa shape index (κ1) is 45.1. The average Bonchev–Trinajstić information content (AvgIpc) is 3.97. The fourth-order valence-electron chi connectivity index (χ4n) is 8.06. The van der Waals surface area contributed by atoms with Crippen molar-refractivity contribution in [2.45, 2.75) is 79.3 Å². The zero-order valence-corrected chi connectivity index (χ0v) is 37.2. The summed E-state index contributed by atoms with van der Waals surface area (Å²) in [5.74, 6) is 2.85. The van der Waals surface area contributed by atoms with Gasteiger partial charge in [0.25, 0.3) is 0 Å². The third kappa shape index (κ3) is 8.49. The topological polar surface area (TPSA) is 98.0 Å². The molecule has 4 heterocycles. The van der Waals surface area contributed by atoms with Crippen molar-refractivity contribution in [3.63, 3.8) is 0 Å². The monoisotopic (exact) mass is 830 g/mol. The van der Waals surface area contributed by atoms with E-state index in [4.69, 9.17) is 9.97 Å². The van der Waals surface area contributed by atoms with Crippen LogP contribution in [0.2, 0.25) is 0 Å². The molecule has 8 rings (SSSR count). The van der Waals surface area contributed by atoms with E-state index in [0.29, 0.717) is 11.8 Å². The van der Waals surface area contributed by atoms with Gasteiger partial charge in [-0.1, -0.05) is 77.9 Å². The lowest BCUT2D eigenvalue weighted by molar-refractivity contribution is -0.138. The number of carbonyl (C=O) groups excluding carboxylic acids is 2. The predicted octanol–water partition coefficient (Wildman–Crippen LogP) is 10.3. The lowest BCUT2D eigenvalue weighted by atomic mass is 9.96. The molecule has 0 radical (unpaired) electrons. The number of likely N-dealkylation sites (tertiary alicyclic amines) is 2. The minimum absolute atomic E-state index is 0. The molecule has 0 spiro atoms. The van der Waals surface area contributed by atoms with Gasteiger partial charge in [-0.05, 0) is 107 Å². The van der Waals surface area contributed by atoms with Crippen LogP contribution >= 0.6 is 54.0 Å². The highest BCUT2D eigenvalue weighted by Gasteiger charge is 2.36. The largest absolute Gasteiger partial charge is 0.340 e. The summed E-state index contributed by atoms with van der Waals surface area (Å²) in [6.45, 7) is 14.1. The van der Waals surface area contributed by atoms with Gasteiger partial charge in [-0.3, -0.25) is 9.59 Å². The maximum atomic E-state index is 13.3. The molecule has 0 saturated carbocycles. The highest BCUT2D eigenvalue weighted by molar-refractivity contribution is 7.59. The number of aromatic nitrogens is 4. The van der Waals surface area contributed by atoms with Gasteiger partial charge < -0.3 is 19.8 Å². The molecule has 56 heavy (non-hydrogen) atoms. The summed E-state index contributed by atoms with van der Waals surface area (Å²) in [5.41, 5.74) is 8.40. The van der Waals surface area contributed by atoms with Gasteiger partial charge in [-0.2, -0.15) is 54.0 Å². The van der Waals surface area contributed by atoms with Gasteiger partial charge in [-0.15, -0.1) is 0 Å². The molecule has 4 aromatic carbocycles. The number of benzene rings is 4. The number of carbonyl (C=O) groups is 2. The molecule has 2 aliphatic rings. The van der Waals surface area contributed by atoms with Crippen molar-refractivity contribution in [2.75, 3.05) is 13.1 Å². The molecular weight excluding hydrogens is 773 g/mol. The second-order valence-corrected chi connectivity index (χ2v) is 15.9. The number of aromatic amines is 2. The molecule has 4 atom stereocenters. The number of hydrogen-bond donors (Lipinski definition) is 2. The highest BCUT2D eigenvalue weighted by Crippen LogP contribution is 2.37. The van der Waals surface area contributed by atoms with Gasteiger partial charge >= 0.3 is 0 Å². The Kier molecular flexibility index (Phi) is 14.8. The summed E-state index contributed by atoms with van der Waals surface area (Å²) < 4.78 is 0. The third-order valence-corrected chi connectivity index (χ3v) is 12.0. The summed E-state index contributed by atoms with van der Waals surface area (Å²) >= 11 is 0. The molecule has 6 aromatic rings. The van der Waals surface area contributed by atoms with E-state index < -0.39 is 0 Å². The smallest absolute Gasteiger partial charge is 0.226 e. The fourth-order valence-corrected chi connectivity index (χ4v) is 8.06. The normalized spacial score (nSPS) is 17.8. The van der Waals surface area contributed by atoms with E-state index >= 15 is 0 Å². The Labute approximate surface area is 358 Å². The number of rotatable bonds is 8. The summed E-state index contributed by atoms with van der Waals surface area (Å²) in [4.78, 5) is 47.6. The van der Waals surface area contributed by atoms with E-state index in [9.17, 15) is 9.59 Å². The summed E-state index contributed by atoms with van der Waals surface area (Å²) in [6.07, 6.45) is 3.88. The van der Waals surface area contributed by atoms with Crippen LogP contribution in [-0.4, -0.2) is 54.6 Å². The minimum atomic E-state index is -0.000605. The zero-order chi connectivity index (χ0) is 36.3. The molecule has 2 saturated heterocycles. The Bertz CT molecular complexity index is 2160. The Morgan fingerprint density at radius 2 is 0.911 bits per heavy atom. The molecule has 0 bridgehead atoms. The van der Waals surface area contributed by atoms with Gasteiger partial charge in [0.1, 0.15) is 11.6 Å². The van der Waals surface area contributed by atoms with E-state index in [1.807, 2.05) is 23.6 Å². The quantitative estimate of drug-likeness (QED) is 0.160. The maximum absolute atomic E-state index is 13.3. The van der Waals surface area contributed by atoms with Crippen molar-refractivity contribution in [3.8, 4) is 22.3 Å². The molecule has 2 N–H and O–H groups in total. The molecule has 0 aliphatic carbocycles. The van der Waals surface area contributed by atoms with Crippen molar-refractivity contribution in [3.05, 3.63) is 84.4 Å². The SMILES string of the molecule is CC(C)[C@@H](C)C(=O)N1CCC[C@H]1c1nc2ccc(-c3ccc4cc(-c5ccc6nc([C@@H]7CCCN7C(=O)[C@H](C)C(C)C)[nH]c6c5)ccc4c3)cc2[nH]1.S.S.S.S. The molecule has 8 nitrogen and oxygen atoms in total. The second kappa shape index (κ2) is 18.3. The van der Waals surface area contributed by atoms with Crippen molar-refractivity contribution >= 4 is 98.6 Å². The minimum Gasteiger partial charge on any atom is -0.340 e. The molecule has 12 heteroatoms. The van der Waals surface area contributed by atoms with Gasteiger partial charge in [0.15, 0.2) is 0 Å². The van der Waals surface area contributed by atoms with Crippen LogP contribution in [0, 0.1) is 23.7 Å². The number of nitrogens with one attached hydrogen (secondary N) is 2. The summed E-state index contributed by atoms with van der Waals surface area (Å²) in [5, 5.41) is 2.36. The second-order valence-electron chi connectivity index (χ2n) is 15.9. The first-order chi connectivity index (χ1) is 25.0. The standard InChI is InChI=1S/C44H50N6O2.4H2S/c1-25(2)27(5)43(51)49-19-7-9-39(49)41-45-35-17-15-33(23-37(35)47-41)31-13-11-30-22-32(14-12-29(30)21-31)34-16-18-36-38(24-34)48-42(46-36)40-10-8-20-50(40)44(52)28(6)26(3)4;;;;/h11-18,21-28,39-40H,7-10,19-20H2,1-6H3,(H,45,47)(H,46,48);4*1H2/t27-,28-,39+,40+;;;;/m1..../s1. The fraction of sp³-hybridized carbons (Fsp3) is 0.409. The molecule has 2 aliphatic heterocycles. The summed E-state index contributed by atoms with van der Waals surface area (Å²) in [7, 11) is 0. The molecule has 2 aromatic heterocycles. The third-order valence-electron chi connectivity index (χ3n) is 12.0. The summed E-state index contributed by atoms with van der Waals surface area (Å²) in [6, 6.07) is 26.1. The van der Waals surface area contributed by atoms with E-state index in [1.165, 1.54) is 10.8 Å². The number of hydrogen-bond acceptors (Lipinski definition) is 4. The van der Waals surface area contributed by atoms with Crippen LogP contribution in [0.3, 0.4) is 0 Å². The lowest BCUT2D eigenvalue weighted by Gasteiger charge is -2.27. The van der Waals surface area contributed by atoms with Crippen LogP contribution in [0.25, 0.3) is 55.1 Å². The van der Waals surface area contributed by atoms with E-state index in [0.717, 1.165) is 94.7 Å². The Morgan fingerprint density at radius 1 is 0.554 bits per heavy atom. The Hall–Kier alpha value is -3.58. The average molecular weight is 831 g/mol. The highest BCUT2D eigenvalue weighted by atomic mass is 32.1. The van der Waals surface area contributed by atoms with Crippen molar-refractivity contribution < 1.29 is 9.59 Å². The van der Waals surface area contributed by atoms with Crippen LogP contribution < -0.4 is 0 Å². The molecule has 2 fully saturated rings. The zero-order valence-electron chi connectivity index (χ0n) is 33.2. The van der Waals surface area contributed by atoms with Gasteiger partial charge in [-0.25, -0.2) is 9.97 Å². The number of nitrogens with zero attached hydrogens (tertiary/aromatic N) is 4. The molecular formula is C44H58N6O2S4. The first-order valence-electron chi connectivity index (χ1n) is 19.2. The maximum Gasteiger partial charge on any atom is 0.226 e. The van der Waals surface area contributed by atoms with Crippen LogP contribution in [0.1, 0.15) is 91.0 Å². The number of amides is 2. The molecule has 300 valence electrons. The predicted molar refractivity (Wildman–Crippen MR) is 251 cm³/mol. The molecule has 0 unspecified atom stereocenters. The van der Waals surface area contributed by atoms with E-state index in [-0.39, 0.29) is 89.7 Å². The van der Waals surface area contributed by atoms with Gasteiger partial charge in [0.05, 0.1) is 34.2 Å². The van der Waals surface area contributed by atoms with Crippen LogP contribution in [-0.2, 0) is 9.59 Å². The molecule has 2 amide bonds. The van der Waals surface area contributed by atoms with Gasteiger partial charge in [0, 0.05) is 24.9 Å². The lowest BCUT2D eigenvalue weighted by Crippen LogP contribution is -2.36. The van der Waals surface area contributed by atoms with E-state index in [1.54, 1.807) is 0 Å².